The maximum absolute atomic E-state index is 13.2. The topological polar surface area (TPSA) is 65.7 Å². The minimum absolute atomic E-state index is 0.00898. The predicted molar refractivity (Wildman–Crippen MR) is 108 cm³/mol. The smallest absolute Gasteiger partial charge is 0.354 e. The lowest BCUT2D eigenvalue weighted by molar-refractivity contribution is -0.188. The Hall–Kier alpha value is -2.03. The molecule has 3 fully saturated rings. The molecular weight excluding hydrogens is 395 g/mol. The molecule has 2 saturated heterocycles. The van der Waals surface area contributed by atoms with Crippen molar-refractivity contribution in [2.75, 3.05) is 37.6 Å². The van der Waals surface area contributed by atoms with Crippen LogP contribution in [0.15, 0.2) is 18.3 Å². The minimum Gasteiger partial charge on any atom is -0.354 e. The van der Waals surface area contributed by atoms with Gasteiger partial charge in [-0.15, -0.1) is 0 Å². The molecule has 0 radical (unpaired) electrons. The molecular formula is C21H30F3N5O. The molecule has 6 nitrogen and oxygen atoms in total. The largest absolute Gasteiger partial charge is 0.391 e. The number of amides is 2. The third kappa shape index (κ3) is 4.50. The van der Waals surface area contributed by atoms with Crippen molar-refractivity contribution in [3.05, 3.63) is 23.9 Å². The summed E-state index contributed by atoms with van der Waals surface area (Å²) in [7, 11) is 0. The van der Waals surface area contributed by atoms with Gasteiger partial charge in [0.05, 0.1) is 12.0 Å². The van der Waals surface area contributed by atoms with Gasteiger partial charge in [-0.05, 0) is 37.3 Å². The van der Waals surface area contributed by atoms with Crippen molar-refractivity contribution in [2.24, 2.45) is 11.7 Å². The zero-order valence-electron chi connectivity index (χ0n) is 17.2. The summed E-state index contributed by atoms with van der Waals surface area (Å²) < 4.78 is 39.7. The highest BCUT2D eigenvalue weighted by atomic mass is 19.4. The first kappa shape index (κ1) is 21.2. The van der Waals surface area contributed by atoms with E-state index in [0.29, 0.717) is 5.56 Å². The Morgan fingerprint density at radius 3 is 2.30 bits per heavy atom. The van der Waals surface area contributed by atoms with Crippen LogP contribution < -0.4 is 10.6 Å². The van der Waals surface area contributed by atoms with Crippen molar-refractivity contribution in [3.8, 4) is 0 Å². The number of nitrogens with two attached hydrogens (primary N) is 1. The number of pyridine rings is 1. The van der Waals surface area contributed by atoms with Gasteiger partial charge in [0.1, 0.15) is 5.82 Å². The van der Waals surface area contributed by atoms with Crippen LogP contribution in [0.25, 0.3) is 0 Å². The number of halogens is 3. The molecule has 0 spiro atoms. The molecule has 0 bridgehead atoms. The van der Waals surface area contributed by atoms with E-state index < -0.39 is 24.2 Å². The molecule has 2 atom stereocenters. The number of carbonyl (C=O) groups excluding carboxylic acids is 1. The summed E-state index contributed by atoms with van der Waals surface area (Å²) in [4.78, 5) is 22.4. The second-order valence-electron chi connectivity index (χ2n) is 8.72. The number of likely N-dealkylation sites (tertiary alicyclic amines) is 1. The first-order valence-electron chi connectivity index (χ1n) is 10.9. The average Bonchev–Trinajstić information content (AvgIpc) is 3.28. The third-order valence-electron chi connectivity index (χ3n) is 6.98. The Morgan fingerprint density at radius 2 is 1.73 bits per heavy atom. The summed E-state index contributed by atoms with van der Waals surface area (Å²) >= 11 is 0. The molecule has 30 heavy (non-hydrogen) atoms. The second-order valence-corrected chi connectivity index (χ2v) is 8.72. The fourth-order valence-electron chi connectivity index (χ4n) is 5.21. The molecule has 2 aliphatic heterocycles. The van der Waals surface area contributed by atoms with Crippen molar-refractivity contribution >= 4 is 11.8 Å². The van der Waals surface area contributed by atoms with Crippen molar-refractivity contribution in [1.29, 1.82) is 0 Å². The molecule has 1 aromatic rings. The first-order valence-corrected chi connectivity index (χ1v) is 10.9. The Morgan fingerprint density at radius 1 is 1.03 bits per heavy atom. The summed E-state index contributed by atoms with van der Waals surface area (Å²) in [5.74, 6) is -0.597. The number of anilines is 1. The van der Waals surface area contributed by atoms with Crippen molar-refractivity contribution in [3.63, 3.8) is 0 Å². The number of alkyl halides is 3. The summed E-state index contributed by atoms with van der Waals surface area (Å²) in [6.45, 7) is 3.83. The molecule has 2 N–H and O–H groups in total. The minimum atomic E-state index is -4.27. The number of hydrogen-bond acceptors (Lipinski definition) is 4. The van der Waals surface area contributed by atoms with Gasteiger partial charge in [-0.25, -0.2) is 9.78 Å². The van der Waals surface area contributed by atoms with E-state index in [1.807, 2.05) is 6.07 Å². The van der Waals surface area contributed by atoms with Crippen LogP contribution in [0, 0.1) is 5.92 Å². The Kier molecular flexibility index (Phi) is 6.09. The third-order valence-corrected chi connectivity index (χ3v) is 6.98. The van der Waals surface area contributed by atoms with Crippen LogP contribution >= 0.6 is 0 Å². The molecule has 1 aliphatic carbocycles. The van der Waals surface area contributed by atoms with Gasteiger partial charge in [0.25, 0.3) is 0 Å². The molecule has 0 aromatic carbocycles. The monoisotopic (exact) mass is 425 g/mol. The molecule has 3 aliphatic rings. The van der Waals surface area contributed by atoms with Crippen molar-refractivity contribution in [2.45, 2.75) is 56.8 Å². The van der Waals surface area contributed by atoms with Gasteiger partial charge in [-0.2, -0.15) is 13.2 Å². The van der Waals surface area contributed by atoms with E-state index in [1.54, 1.807) is 12.3 Å². The number of hydrogen-bond donors (Lipinski definition) is 1. The number of nitrogens with zero attached hydrogens (tertiary/aromatic N) is 4. The number of rotatable bonds is 3. The summed E-state index contributed by atoms with van der Waals surface area (Å²) in [6.07, 6.45) is 2.30. The van der Waals surface area contributed by atoms with Crippen LogP contribution in [-0.2, 0) is 0 Å². The predicted octanol–water partition coefficient (Wildman–Crippen LogP) is 3.54. The van der Waals surface area contributed by atoms with Crippen LogP contribution in [0.3, 0.4) is 0 Å². The molecule has 3 heterocycles. The zero-order chi connectivity index (χ0) is 21.3. The average molecular weight is 425 g/mol. The zero-order valence-corrected chi connectivity index (χ0v) is 17.2. The lowest BCUT2D eigenvalue weighted by Gasteiger charge is -2.40. The van der Waals surface area contributed by atoms with E-state index >= 15 is 0 Å². The standard InChI is InChI=1S/C21H30F3N5O/c22-21(23,24)16-7-8-29(20(25)30)18(13-16)15-5-6-19(26-14-15)28-11-9-27(10-12-28)17-3-1-2-4-17/h5-6,14,16-18H,1-4,7-13H2,(H2,25,30). The van der Waals surface area contributed by atoms with Crippen LogP contribution in [0.4, 0.5) is 23.8 Å². The van der Waals surface area contributed by atoms with Gasteiger partial charge in [-0.3, -0.25) is 4.90 Å². The second kappa shape index (κ2) is 8.61. The van der Waals surface area contributed by atoms with E-state index in [2.05, 4.69) is 14.8 Å². The van der Waals surface area contributed by atoms with Gasteiger partial charge in [0.15, 0.2) is 0 Å². The molecule has 9 heteroatoms. The molecule has 1 saturated carbocycles. The maximum Gasteiger partial charge on any atom is 0.391 e. The van der Waals surface area contributed by atoms with E-state index in [9.17, 15) is 18.0 Å². The lowest BCUT2D eigenvalue weighted by atomic mass is 9.87. The Balaban J connectivity index is 1.42. The maximum atomic E-state index is 13.2. The van der Waals surface area contributed by atoms with Crippen LogP contribution in [0.1, 0.15) is 50.1 Å². The molecule has 166 valence electrons. The van der Waals surface area contributed by atoms with E-state index in [-0.39, 0.29) is 19.4 Å². The number of piperazine rings is 1. The number of carbonyl (C=O) groups is 1. The number of aromatic nitrogens is 1. The molecule has 4 rings (SSSR count). The van der Waals surface area contributed by atoms with Gasteiger partial charge in [-0.1, -0.05) is 18.9 Å². The Labute approximate surface area is 175 Å². The van der Waals surface area contributed by atoms with E-state index in [4.69, 9.17) is 5.73 Å². The summed E-state index contributed by atoms with van der Waals surface area (Å²) in [5.41, 5.74) is 6.04. The highest BCUT2D eigenvalue weighted by Gasteiger charge is 2.45. The quantitative estimate of drug-likeness (QED) is 0.805. The fraction of sp³-hybridized carbons (Fsp3) is 0.714. The number of primary amides is 1. The number of piperidine rings is 1. The lowest BCUT2D eigenvalue weighted by Crippen LogP contribution is -2.50. The molecule has 2 unspecified atom stereocenters. The summed E-state index contributed by atoms with van der Waals surface area (Å²) in [5, 5.41) is 0. The van der Waals surface area contributed by atoms with Gasteiger partial charge >= 0.3 is 12.2 Å². The van der Waals surface area contributed by atoms with Crippen LogP contribution in [-0.4, -0.2) is 65.8 Å². The Bertz CT molecular complexity index is 727. The normalized spacial score (nSPS) is 26.9. The van der Waals surface area contributed by atoms with Gasteiger partial charge < -0.3 is 15.5 Å². The van der Waals surface area contributed by atoms with Gasteiger partial charge in [0.2, 0.25) is 0 Å². The van der Waals surface area contributed by atoms with Crippen LogP contribution in [0.5, 0.6) is 0 Å². The molecule has 1 aromatic heterocycles. The summed E-state index contributed by atoms with van der Waals surface area (Å²) in [6, 6.07) is 2.99. The van der Waals surface area contributed by atoms with Gasteiger partial charge in [0, 0.05) is 45.0 Å². The van der Waals surface area contributed by atoms with E-state index in [0.717, 1.165) is 38.0 Å². The van der Waals surface area contributed by atoms with Crippen LogP contribution in [0.2, 0.25) is 0 Å². The highest BCUT2D eigenvalue weighted by Crippen LogP contribution is 2.42. The van der Waals surface area contributed by atoms with Crippen molar-refractivity contribution < 1.29 is 18.0 Å². The highest BCUT2D eigenvalue weighted by molar-refractivity contribution is 5.72. The van der Waals surface area contributed by atoms with E-state index in [1.165, 1.54) is 30.6 Å². The van der Waals surface area contributed by atoms with Crippen molar-refractivity contribution in [1.82, 2.24) is 14.8 Å². The SMILES string of the molecule is NC(=O)N1CCC(C(F)(F)F)CC1c1ccc(N2CCN(C3CCCC3)CC2)nc1. The first-order chi connectivity index (χ1) is 14.3. The number of urea groups is 1. The molecule has 2 amide bonds. The fourth-order valence-corrected chi connectivity index (χ4v) is 5.21.